The van der Waals surface area contributed by atoms with Gasteiger partial charge in [0.05, 0.1) is 45.5 Å². The van der Waals surface area contributed by atoms with Crippen molar-refractivity contribution in [1.29, 1.82) is 0 Å². The lowest BCUT2D eigenvalue weighted by atomic mass is 10.1. The van der Waals surface area contributed by atoms with Gasteiger partial charge in [-0.3, -0.25) is 0 Å². The van der Waals surface area contributed by atoms with Gasteiger partial charge in [-0.15, -0.1) is 0 Å². The molecule has 0 saturated heterocycles. The molecule has 0 atom stereocenters. The number of hydrogen-bond acceptors (Lipinski definition) is 5. The lowest BCUT2D eigenvalue weighted by Gasteiger charge is -2.11. The van der Waals surface area contributed by atoms with Gasteiger partial charge in [0.1, 0.15) is 0 Å². The number of methoxy groups -OCH3 is 4. The molecule has 3 aromatic carbocycles. The summed E-state index contributed by atoms with van der Waals surface area (Å²) >= 11 is 0. The fourth-order valence-electron chi connectivity index (χ4n) is 3.60. The number of rotatable bonds is 7. The maximum atomic E-state index is 5.52. The van der Waals surface area contributed by atoms with Crippen LogP contribution in [-0.2, 0) is 0 Å². The van der Waals surface area contributed by atoms with Gasteiger partial charge in [0.2, 0.25) is 0 Å². The van der Waals surface area contributed by atoms with Gasteiger partial charge in [-0.25, -0.2) is 4.68 Å². The first-order valence-corrected chi connectivity index (χ1v) is 10.2. The van der Waals surface area contributed by atoms with E-state index in [-0.39, 0.29) is 0 Å². The molecule has 0 saturated carbocycles. The molecule has 0 bridgehead atoms. The molecule has 6 heteroatoms. The van der Waals surface area contributed by atoms with Gasteiger partial charge in [-0.05, 0) is 61.5 Å². The number of hydrogen-bond donors (Lipinski definition) is 0. The zero-order valence-electron chi connectivity index (χ0n) is 18.9. The standard InChI is InChI=1S/C26H26N2O4/c1-17-6-10-20(11-7-17)28-22(19-9-13-24(30-3)26(15-19)32-5)16-21(27-28)18-8-12-23(29-2)25(14-18)31-4/h6-16H,1-5H3. The minimum atomic E-state index is 0.655. The molecule has 32 heavy (non-hydrogen) atoms. The number of nitrogens with zero attached hydrogens (tertiary/aromatic N) is 2. The molecular formula is C26H26N2O4. The van der Waals surface area contributed by atoms with Gasteiger partial charge in [0, 0.05) is 11.1 Å². The molecule has 0 fully saturated rings. The summed E-state index contributed by atoms with van der Waals surface area (Å²) in [6.45, 7) is 2.07. The summed E-state index contributed by atoms with van der Waals surface area (Å²) in [5, 5.41) is 4.93. The molecular weight excluding hydrogens is 404 g/mol. The molecule has 164 valence electrons. The van der Waals surface area contributed by atoms with Crippen molar-refractivity contribution in [3.63, 3.8) is 0 Å². The number of aryl methyl sites for hydroxylation is 1. The molecule has 0 aliphatic heterocycles. The lowest BCUT2D eigenvalue weighted by molar-refractivity contribution is 0.355. The van der Waals surface area contributed by atoms with E-state index in [1.807, 2.05) is 41.1 Å². The van der Waals surface area contributed by atoms with Crippen LogP contribution in [0.15, 0.2) is 66.7 Å². The van der Waals surface area contributed by atoms with Crippen LogP contribution < -0.4 is 18.9 Å². The Bertz CT molecular complexity index is 1230. The van der Waals surface area contributed by atoms with Crippen molar-refractivity contribution < 1.29 is 18.9 Å². The van der Waals surface area contributed by atoms with Crippen LogP contribution in [0, 0.1) is 6.92 Å². The van der Waals surface area contributed by atoms with E-state index in [1.165, 1.54) is 5.56 Å². The predicted octanol–water partition coefficient (Wildman–Crippen LogP) is 5.55. The Kier molecular flexibility index (Phi) is 6.03. The Morgan fingerprint density at radius 3 is 1.69 bits per heavy atom. The third kappa shape index (κ3) is 3.99. The average Bonchev–Trinajstić information content (AvgIpc) is 3.29. The van der Waals surface area contributed by atoms with Crippen molar-refractivity contribution in [3.05, 3.63) is 72.3 Å². The summed E-state index contributed by atoms with van der Waals surface area (Å²) < 4.78 is 23.7. The van der Waals surface area contributed by atoms with Crippen LogP contribution in [0.3, 0.4) is 0 Å². The first kappa shape index (κ1) is 21.3. The van der Waals surface area contributed by atoms with Crippen LogP contribution in [-0.4, -0.2) is 38.2 Å². The van der Waals surface area contributed by atoms with Crippen molar-refractivity contribution in [2.45, 2.75) is 6.92 Å². The van der Waals surface area contributed by atoms with Gasteiger partial charge in [0.25, 0.3) is 0 Å². The van der Waals surface area contributed by atoms with Crippen LogP contribution in [0.25, 0.3) is 28.2 Å². The molecule has 0 amide bonds. The molecule has 1 aromatic heterocycles. The quantitative estimate of drug-likeness (QED) is 0.385. The lowest BCUT2D eigenvalue weighted by Crippen LogP contribution is -2.00. The summed E-state index contributed by atoms with van der Waals surface area (Å²) in [4.78, 5) is 0. The van der Waals surface area contributed by atoms with Crippen molar-refractivity contribution in [2.24, 2.45) is 0 Å². The van der Waals surface area contributed by atoms with Crippen molar-refractivity contribution in [2.75, 3.05) is 28.4 Å². The van der Waals surface area contributed by atoms with Gasteiger partial charge >= 0.3 is 0 Å². The van der Waals surface area contributed by atoms with Crippen LogP contribution in [0.1, 0.15) is 5.56 Å². The number of ether oxygens (including phenoxy) is 4. The van der Waals surface area contributed by atoms with E-state index < -0.39 is 0 Å². The molecule has 0 aliphatic carbocycles. The highest BCUT2D eigenvalue weighted by Gasteiger charge is 2.16. The van der Waals surface area contributed by atoms with E-state index in [2.05, 4.69) is 37.3 Å². The van der Waals surface area contributed by atoms with Crippen LogP contribution in [0.4, 0.5) is 0 Å². The Morgan fingerprint density at radius 1 is 0.594 bits per heavy atom. The van der Waals surface area contributed by atoms with Crippen molar-refractivity contribution in [1.82, 2.24) is 9.78 Å². The SMILES string of the molecule is COc1ccc(-c2cc(-c3ccc(OC)c(OC)c3)n(-c3ccc(C)cc3)n2)cc1OC. The number of benzene rings is 3. The maximum absolute atomic E-state index is 5.52. The smallest absolute Gasteiger partial charge is 0.161 e. The molecule has 6 nitrogen and oxygen atoms in total. The van der Waals surface area contributed by atoms with Crippen LogP contribution in [0.2, 0.25) is 0 Å². The fourth-order valence-corrected chi connectivity index (χ4v) is 3.60. The molecule has 1 heterocycles. The first-order valence-electron chi connectivity index (χ1n) is 10.2. The Hall–Kier alpha value is -3.93. The van der Waals surface area contributed by atoms with Crippen LogP contribution >= 0.6 is 0 Å². The Morgan fingerprint density at radius 2 is 1.12 bits per heavy atom. The van der Waals surface area contributed by atoms with E-state index >= 15 is 0 Å². The van der Waals surface area contributed by atoms with E-state index in [4.69, 9.17) is 24.0 Å². The second-order valence-electron chi connectivity index (χ2n) is 7.30. The van der Waals surface area contributed by atoms with E-state index in [0.29, 0.717) is 23.0 Å². The molecule has 4 rings (SSSR count). The maximum Gasteiger partial charge on any atom is 0.161 e. The second-order valence-corrected chi connectivity index (χ2v) is 7.30. The summed E-state index contributed by atoms with van der Waals surface area (Å²) in [6.07, 6.45) is 0. The minimum Gasteiger partial charge on any atom is -0.493 e. The van der Waals surface area contributed by atoms with Gasteiger partial charge in [-0.1, -0.05) is 17.7 Å². The van der Waals surface area contributed by atoms with Gasteiger partial charge in [0.15, 0.2) is 23.0 Å². The minimum absolute atomic E-state index is 0.655. The Balaban J connectivity index is 1.89. The van der Waals surface area contributed by atoms with E-state index in [0.717, 1.165) is 28.2 Å². The third-order valence-electron chi connectivity index (χ3n) is 5.35. The van der Waals surface area contributed by atoms with Gasteiger partial charge in [-0.2, -0.15) is 5.10 Å². The molecule has 0 unspecified atom stereocenters. The molecule has 4 aromatic rings. The molecule has 0 N–H and O–H groups in total. The highest BCUT2D eigenvalue weighted by molar-refractivity contribution is 5.73. The monoisotopic (exact) mass is 430 g/mol. The first-order chi connectivity index (χ1) is 15.6. The summed E-state index contributed by atoms with van der Waals surface area (Å²) in [7, 11) is 6.51. The normalized spacial score (nSPS) is 10.7. The highest BCUT2D eigenvalue weighted by Crippen LogP contribution is 2.37. The fraction of sp³-hybridized carbons (Fsp3) is 0.192. The van der Waals surface area contributed by atoms with E-state index in [1.54, 1.807) is 28.4 Å². The third-order valence-corrected chi connectivity index (χ3v) is 5.35. The van der Waals surface area contributed by atoms with Crippen molar-refractivity contribution >= 4 is 0 Å². The zero-order valence-corrected chi connectivity index (χ0v) is 18.9. The molecule has 0 radical (unpaired) electrons. The van der Waals surface area contributed by atoms with Gasteiger partial charge < -0.3 is 18.9 Å². The Labute approximate surface area is 187 Å². The summed E-state index contributed by atoms with van der Waals surface area (Å²) in [5.74, 6) is 2.67. The zero-order chi connectivity index (χ0) is 22.7. The predicted molar refractivity (Wildman–Crippen MR) is 125 cm³/mol. The van der Waals surface area contributed by atoms with Crippen molar-refractivity contribution in [3.8, 4) is 51.2 Å². The molecule has 0 spiro atoms. The van der Waals surface area contributed by atoms with E-state index in [9.17, 15) is 0 Å². The topological polar surface area (TPSA) is 54.7 Å². The largest absolute Gasteiger partial charge is 0.493 e. The highest BCUT2D eigenvalue weighted by atomic mass is 16.5. The summed E-state index contributed by atoms with van der Waals surface area (Å²) in [5.41, 5.74) is 5.79. The molecule has 0 aliphatic rings. The second kappa shape index (κ2) is 9.06. The van der Waals surface area contributed by atoms with Crippen LogP contribution in [0.5, 0.6) is 23.0 Å². The average molecular weight is 431 g/mol. The summed E-state index contributed by atoms with van der Waals surface area (Å²) in [6, 6.07) is 22.0. The number of aromatic nitrogens is 2.